The van der Waals surface area contributed by atoms with Gasteiger partial charge < -0.3 is 15.8 Å². The summed E-state index contributed by atoms with van der Waals surface area (Å²) in [6.45, 7) is 2.68. The van der Waals surface area contributed by atoms with Crippen LogP contribution in [0.1, 0.15) is 17.2 Å². The topological polar surface area (TPSA) is 47.3 Å². The van der Waals surface area contributed by atoms with Crippen LogP contribution in [0.4, 0.5) is 11.4 Å². The SMILES string of the molecule is Cc1cc(NC2COc3ccccc32)ccc1N. The van der Waals surface area contributed by atoms with Crippen LogP contribution in [-0.2, 0) is 0 Å². The molecular weight excluding hydrogens is 224 g/mol. The summed E-state index contributed by atoms with van der Waals surface area (Å²) in [5.74, 6) is 0.974. The molecule has 1 aliphatic rings. The molecule has 3 N–H and O–H groups in total. The van der Waals surface area contributed by atoms with Crippen molar-refractivity contribution in [2.24, 2.45) is 0 Å². The molecule has 92 valence electrons. The molecule has 3 heteroatoms. The second-order valence-electron chi connectivity index (χ2n) is 4.62. The summed E-state index contributed by atoms with van der Waals surface area (Å²) in [7, 11) is 0. The van der Waals surface area contributed by atoms with E-state index in [1.165, 1.54) is 5.56 Å². The number of benzene rings is 2. The van der Waals surface area contributed by atoms with Crippen LogP contribution in [0.5, 0.6) is 5.75 Å². The summed E-state index contributed by atoms with van der Waals surface area (Å²) in [5.41, 5.74) is 10.0. The highest BCUT2D eigenvalue weighted by atomic mass is 16.5. The first-order chi connectivity index (χ1) is 8.74. The average Bonchev–Trinajstić information content (AvgIpc) is 2.78. The van der Waals surface area contributed by atoms with E-state index in [2.05, 4.69) is 17.4 Å². The maximum atomic E-state index is 5.82. The molecule has 0 saturated carbocycles. The molecule has 1 aliphatic heterocycles. The third kappa shape index (κ3) is 1.88. The third-order valence-electron chi connectivity index (χ3n) is 3.31. The van der Waals surface area contributed by atoms with E-state index in [0.29, 0.717) is 6.61 Å². The van der Waals surface area contributed by atoms with Crippen molar-refractivity contribution in [2.75, 3.05) is 17.7 Å². The van der Waals surface area contributed by atoms with E-state index in [1.54, 1.807) is 0 Å². The van der Waals surface area contributed by atoms with Gasteiger partial charge in [-0.2, -0.15) is 0 Å². The van der Waals surface area contributed by atoms with Crippen molar-refractivity contribution in [3.05, 3.63) is 53.6 Å². The zero-order valence-corrected chi connectivity index (χ0v) is 10.3. The molecule has 0 spiro atoms. The fraction of sp³-hybridized carbons (Fsp3) is 0.200. The fourth-order valence-corrected chi connectivity index (χ4v) is 2.25. The van der Waals surface area contributed by atoms with E-state index in [9.17, 15) is 0 Å². The molecule has 3 rings (SSSR count). The van der Waals surface area contributed by atoms with Gasteiger partial charge >= 0.3 is 0 Å². The predicted molar refractivity (Wildman–Crippen MR) is 73.9 cm³/mol. The lowest BCUT2D eigenvalue weighted by molar-refractivity contribution is 0.340. The van der Waals surface area contributed by atoms with E-state index < -0.39 is 0 Å². The van der Waals surface area contributed by atoms with Gasteiger partial charge in [0.05, 0.1) is 6.04 Å². The van der Waals surface area contributed by atoms with E-state index >= 15 is 0 Å². The Morgan fingerprint density at radius 3 is 2.89 bits per heavy atom. The molecule has 0 saturated heterocycles. The molecular formula is C15H16N2O. The lowest BCUT2D eigenvalue weighted by Crippen LogP contribution is -2.12. The van der Waals surface area contributed by atoms with Gasteiger partial charge in [0.1, 0.15) is 12.4 Å². The molecule has 2 aromatic carbocycles. The van der Waals surface area contributed by atoms with Crippen molar-refractivity contribution in [3.8, 4) is 5.75 Å². The van der Waals surface area contributed by atoms with Crippen LogP contribution in [0.15, 0.2) is 42.5 Å². The highest BCUT2D eigenvalue weighted by Gasteiger charge is 2.23. The average molecular weight is 240 g/mol. The Hall–Kier alpha value is -2.16. The number of aryl methyl sites for hydroxylation is 1. The molecule has 1 atom stereocenters. The summed E-state index contributed by atoms with van der Waals surface area (Å²) in [4.78, 5) is 0. The minimum atomic E-state index is 0.212. The van der Waals surface area contributed by atoms with Gasteiger partial charge in [-0.25, -0.2) is 0 Å². The minimum Gasteiger partial charge on any atom is -0.491 e. The van der Waals surface area contributed by atoms with Crippen LogP contribution in [0.2, 0.25) is 0 Å². The number of para-hydroxylation sites is 1. The van der Waals surface area contributed by atoms with Crippen molar-refractivity contribution in [1.29, 1.82) is 0 Å². The number of ether oxygens (including phenoxy) is 1. The number of nitrogens with one attached hydrogen (secondary N) is 1. The van der Waals surface area contributed by atoms with Gasteiger partial charge in [0.15, 0.2) is 0 Å². The highest BCUT2D eigenvalue weighted by Crippen LogP contribution is 2.34. The maximum absolute atomic E-state index is 5.82. The molecule has 0 aromatic heterocycles. The van der Waals surface area contributed by atoms with E-state index in [-0.39, 0.29) is 6.04 Å². The molecule has 0 bridgehead atoms. The molecule has 0 radical (unpaired) electrons. The van der Waals surface area contributed by atoms with Crippen molar-refractivity contribution < 1.29 is 4.74 Å². The van der Waals surface area contributed by atoms with Gasteiger partial charge in [-0.05, 0) is 36.8 Å². The third-order valence-corrected chi connectivity index (χ3v) is 3.31. The Kier molecular flexibility index (Phi) is 2.59. The number of rotatable bonds is 2. The molecule has 18 heavy (non-hydrogen) atoms. The lowest BCUT2D eigenvalue weighted by Gasteiger charge is -2.14. The van der Waals surface area contributed by atoms with Crippen molar-refractivity contribution in [1.82, 2.24) is 0 Å². The standard InChI is InChI=1S/C15H16N2O/c1-10-8-11(6-7-13(10)16)17-14-9-18-15-5-3-2-4-12(14)15/h2-8,14,17H,9,16H2,1H3. The summed E-state index contributed by atoms with van der Waals surface area (Å²) in [5, 5.41) is 3.48. The predicted octanol–water partition coefficient (Wildman–Crippen LogP) is 3.12. The summed E-state index contributed by atoms with van der Waals surface area (Å²) >= 11 is 0. The van der Waals surface area contributed by atoms with Crippen LogP contribution in [0.3, 0.4) is 0 Å². The van der Waals surface area contributed by atoms with Gasteiger partial charge in [0.2, 0.25) is 0 Å². The zero-order valence-electron chi connectivity index (χ0n) is 10.3. The number of anilines is 2. The smallest absolute Gasteiger partial charge is 0.124 e. The van der Waals surface area contributed by atoms with Crippen LogP contribution in [0, 0.1) is 6.92 Å². The van der Waals surface area contributed by atoms with Gasteiger partial charge in [-0.1, -0.05) is 18.2 Å². The van der Waals surface area contributed by atoms with E-state index in [1.807, 2.05) is 37.3 Å². The summed E-state index contributed by atoms with van der Waals surface area (Å²) in [6, 6.07) is 14.4. The number of hydrogen-bond donors (Lipinski definition) is 2. The number of hydrogen-bond acceptors (Lipinski definition) is 3. The highest BCUT2D eigenvalue weighted by molar-refractivity contribution is 5.58. The Labute approximate surface area is 107 Å². The second kappa shape index (κ2) is 4.26. The summed E-state index contributed by atoms with van der Waals surface area (Å²) < 4.78 is 5.65. The minimum absolute atomic E-state index is 0.212. The molecule has 0 fully saturated rings. The number of nitrogens with two attached hydrogens (primary N) is 1. The maximum Gasteiger partial charge on any atom is 0.124 e. The van der Waals surface area contributed by atoms with Crippen molar-refractivity contribution in [2.45, 2.75) is 13.0 Å². The van der Waals surface area contributed by atoms with Crippen molar-refractivity contribution in [3.63, 3.8) is 0 Å². The van der Waals surface area contributed by atoms with Gasteiger partial charge in [-0.15, -0.1) is 0 Å². The Morgan fingerprint density at radius 1 is 1.22 bits per heavy atom. The number of nitrogen functional groups attached to an aromatic ring is 1. The zero-order chi connectivity index (χ0) is 12.5. The van der Waals surface area contributed by atoms with Crippen LogP contribution in [0.25, 0.3) is 0 Å². The van der Waals surface area contributed by atoms with Crippen molar-refractivity contribution >= 4 is 11.4 Å². The first-order valence-corrected chi connectivity index (χ1v) is 6.08. The van der Waals surface area contributed by atoms with Gasteiger partial charge in [0.25, 0.3) is 0 Å². The van der Waals surface area contributed by atoms with Gasteiger partial charge in [-0.3, -0.25) is 0 Å². The first kappa shape index (κ1) is 11.0. The molecule has 3 nitrogen and oxygen atoms in total. The Bertz CT molecular complexity index is 580. The lowest BCUT2D eigenvalue weighted by atomic mass is 10.1. The Balaban J connectivity index is 1.84. The monoisotopic (exact) mass is 240 g/mol. The molecule has 0 amide bonds. The first-order valence-electron chi connectivity index (χ1n) is 6.08. The molecule has 1 unspecified atom stereocenters. The van der Waals surface area contributed by atoms with E-state index in [4.69, 9.17) is 10.5 Å². The normalized spacial score (nSPS) is 17.1. The number of fused-ring (bicyclic) bond motifs is 1. The molecule has 1 heterocycles. The summed E-state index contributed by atoms with van der Waals surface area (Å²) in [6.07, 6.45) is 0. The van der Waals surface area contributed by atoms with Crippen LogP contribution in [-0.4, -0.2) is 6.61 Å². The van der Waals surface area contributed by atoms with Crippen LogP contribution >= 0.6 is 0 Å². The second-order valence-corrected chi connectivity index (χ2v) is 4.62. The van der Waals surface area contributed by atoms with Crippen LogP contribution < -0.4 is 15.8 Å². The quantitative estimate of drug-likeness (QED) is 0.793. The fourth-order valence-electron chi connectivity index (χ4n) is 2.25. The molecule has 0 aliphatic carbocycles. The largest absolute Gasteiger partial charge is 0.491 e. The van der Waals surface area contributed by atoms with Gasteiger partial charge in [0, 0.05) is 16.9 Å². The Morgan fingerprint density at radius 2 is 2.06 bits per heavy atom. The molecule has 2 aromatic rings. The van der Waals surface area contributed by atoms with E-state index in [0.717, 1.165) is 22.7 Å².